The maximum atomic E-state index is 14.5. The number of carbonyl (C=O) groups is 2. The second-order valence-corrected chi connectivity index (χ2v) is 6.78. The summed E-state index contributed by atoms with van der Waals surface area (Å²) in [6, 6.07) is 8.05. The van der Waals surface area contributed by atoms with Gasteiger partial charge in [0, 0.05) is 31.8 Å². The Labute approximate surface area is 167 Å². The first kappa shape index (κ1) is 20.6. The lowest BCUT2D eigenvalue weighted by Crippen LogP contribution is -2.42. The summed E-state index contributed by atoms with van der Waals surface area (Å²) in [5.74, 6) is -1.87. The number of hydrogen-bond donors (Lipinski definition) is 1. The third kappa shape index (κ3) is 5.03. The van der Waals surface area contributed by atoms with Gasteiger partial charge in [0.15, 0.2) is 11.6 Å². The summed E-state index contributed by atoms with van der Waals surface area (Å²) in [6.45, 7) is 3.43. The molecule has 1 heterocycles. The van der Waals surface area contributed by atoms with Gasteiger partial charge in [-0.3, -0.25) is 4.79 Å². The van der Waals surface area contributed by atoms with E-state index >= 15 is 0 Å². The van der Waals surface area contributed by atoms with Crippen molar-refractivity contribution in [1.29, 1.82) is 0 Å². The van der Waals surface area contributed by atoms with Gasteiger partial charge in [-0.05, 0) is 43.7 Å². The van der Waals surface area contributed by atoms with Crippen LogP contribution in [0.1, 0.15) is 34.1 Å². The van der Waals surface area contributed by atoms with Crippen molar-refractivity contribution in [2.45, 2.75) is 19.4 Å². The second-order valence-electron chi connectivity index (χ2n) is 6.78. The van der Waals surface area contributed by atoms with Crippen molar-refractivity contribution in [2.75, 3.05) is 26.8 Å². The van der Waals surface area contributed by atoms with Gasteiger partial charge in [-0.15, -0.1) is 0 Å². The quantitative estimate of drug-likeness (QED) is 0.725. The third-order valence-corrected chi connectivity index (χ3v) is 4.42. The molecule has 1 aliphatic rings. The fourth-order valence-corrected chi connectivity index (χ4v) is 2.87. The number of methoxy groups -OCH3 is 1. The highest BCUT2D eigenvalue weighted by molar-refractivity contribution is 5.94. The van der Waals surface area contributed by atoms with E-state index in [0.29, 0.717) is 19.7 Å². The molecule has 0 saturated carbocycles. The number of rotatable bonds is 8. The molecule has 1 saturated heterocycles. The van der Waals surface area contributed by atoms with Gasteiger partial charge in [0.2, 0.25) is 0 Å². The Morgan fingerprint density at radius 2 is 1.86 bits per heavy atom. The zero-order valence-corrected chi connectivity index (χ0v) is 16.2. The predicted molar refractivity (Wildman–Crippen MR) is 102 cm³/mol. The minimum atomic E-state index is -1.17. The van der Waals surface area contributed by atoms with Crippen LogP contribution < -0.4 is 9.47 Å². The Kier molecular flexibility index (Phi) is 6.33. The molecule has 1 fully saturated rings. The molecule has 8 heteroatoms. The molecular weight excluding hydrogens is 381 g/mol. The van der Waals surface area contributed by atoms with E-state index in [1.165, 1.54) is 37.4 Å². The van der Waals surface area contributed by atoms with E-state index in [2.05, 4.69) is 0 Å². The van der Waals surface area contributed by atoms with Crippen LogP contribution in [0.15, 0.2) is 36.4 Å². The SMILES string of the molecule is COCC(C)Oc1cc(Oc2ccc(C(=O)N3CCC3)cc2F)cc(C(=O)O)c1. The number of nitrogens with zero attached hydrogens (tertiary/aromatic N) is 1. The molecule has 7 nitrogen and oxygen atoms in total. The van der Waals surface area contributed by atoms with Crippen LogP contribution >= 0.6 is 0 Å². The highest BCUT2D eigenvalue weighted by Gasteiger charge is 2.22. The number of carboxylic acids is 1. The number of carboxylic acid groups (broad SMARTS) is 1. The van der Waals surface area contributed by atoms with Gasteiger partial charge < -0.3 is 24.2 Å². The average Bonchev–Trinajstić information content (AvgIpc) is 2.61. The lowest BCUT2D eigenvalue weighted by molar-refractivity contribution is 0.0649. The number of hydrogen-bond acceptors (Lipinski definition) is 5. The van der Waals surface area contributed by atoms with Gasteiger partial charge in [0.1, 0.15) is 17.6 Å². The topological polar surface area (TPSA) is 85.3 Å². The first-order valence-electron chi connectivity index (χ1n) is 9.18. The fraction of sp³-hybridized carbons (Fsp3) is 0.333. The van der Waals surface area contributed by atoms with E-state index in [1.807, 2.05) is 0 Å². The van der Waals surface area contributed by atoms with Gasteiger partial charge in [-0.2, -0.15) is 0 Å². The molecule has 1 amide bonds. The van der Waals surface area contributed by atoms with Crippen LogP contribution in [0.5, 0.6) is 17.2 Å². The summed E-state index contributed by atoms with van der Waals surface area (Å²) in [5, 5.41) is 9.32. The van der Waals surface area contributed by atoms with E-state index < -0.39 is 11.8 Å². The number of likely N-dealkylation sites (tertiary alicyclic amines) is 1. The van der Waals surface area contributed by atoms with E-state index in [9.17, 15) is 19.1 Å². The minimum absolute atomic E-state index is 0.0629. The smallest absolute Gasteiger partial charge is 0.335 e. The number of halogens is 1. The number of amides is 1. The van der Waals surface area contributed by atoms with Gasteiger partial charge in [0.25, 0.3) is 5.91 Å². The van der Waals surface area contributed by atoms with Gasteiger partial charge in [-0.25, -0.2) is 9.18 Å². The zero-order chi connectivity index (χ0) is 21.0. The summed E-state index contributed by atoms with van der Waals surface area (Å²) in [4.78, 5) is 25.2. The summed E-state index contributed by atoms with van der Waals surface area (Å²) in [7, 11) is 1.53. The molecule has 3 rings (SSSR count). The van der Waals surface area contributed by atoms with Crippen molar-refractivity contribution in [2.24, 2.45) is 0 Å². The Morgan fingerprint density at radius 1 is 1.14 bits per heavy atom. The Bertz CT molecular complexity index is 912. The molecule has 1 N–H and O–H groups in total. The van der Waals surface area contributed by atoms with Crippen molar-refractivity contribution >= 4 is 11.9 Å². The molecular formula is C21H22FNO6. The lowest BCUT2D eigenvalue weighted by atomic mass is 10.1. The predicted octanol–water partition coefficient (Wildman–Crippen LogP) is 3.58. The van der Waals surface area contributed by atoms with Crippen molar-refractivity contribution in [3.8, 4) is 17.2 Å². The number of aromatic carboxylic acids is 1. The van der Waals surface area contributed by atoms with Crippen LogP contribution in [0.3, 0.4) is 0 Å². The number of ether oxygens (including phenoxy) is 3. The van der Waals surface area contributed by atoms with E-state index in [-0.39, 0.29) is 40.4 Å². The molecule has 1 atom stereocenters. The first-order chi connectivity index (χ1) is 13.9. The maximum absolute atomic E-state index is 14.5. The van der Waals surface area contributed by atoms with Crippen LogP contribution in [-0.4, -0.2) is 54.8 Å². The molecule has 154 valence electrons. The van der Waals surface area contributed by atoms with Crippen LogP contribution in [0.4, 0.5) is 4.39 Å². The zero-order valence-electron chi connectivity index (χ0n) is 16.2. The third-order valence-electron chi connectivity index (χ3n) is 4.42. The fourth-order valence-electron chi connectivity index (χ4n) is 2.87. The van der Waals surface area contributed by atoms with Crippen molar-refractivity contribution in [3.63, 3.8) is 0 Å². The van der Waals surface area contributed by atoms with Gasteiger partial charge in [0.05, 0.1) is 12.2 Å². The summed E-state index contributed by atoms with van der Waals surface area (Å²) >= 11 is 0. The molecule has 0 spiro atoms. The molecule has 1 unspecified atom stereocenters. The molecule has 1 aliphatic heterocycles. The summed E-state index contributed by atoms with van der Waals surface area (Å²) in [5.41, 5.74) is 0.179. The van der Waals surface area contributed by atoms with Crippen LogP contribution in [-0.2, 0) is 4.74 Å². The van der Waals surface area contributed by atoms with Crippen LogP contribution in [0.25, 0.3) is 0 Å². The molecule has 29 heavy (non-hydrogen) atoms. The minimum Gasteiger partial charge on any atom is -0.488 e. The molecule has 0 radical (unpaired) electrons. The molecule has 0 aromatic heterocycles. The number of benzene rings is 2. The highest BCUT2D eigenvalue weighted by Crippen LogP contribution is 2.30. The normalized spacial score (nSPS) is 14.1. The second kappa shape index (κ2) is 8.91. The first-order valence-corrected chi connectivity index (χ1v) is 9.18. The maximum Gasteiger partial charge on any atom is 0.335 e. The van der Waals surface area contributed by atoms with E-state index in [1.54, 1.807) is 11.8 Å². The monoisotopic (exact) mass is 403 g/mol. The van der Waals surface area contributed by atoms with Crippen LogP contribution in [0.2, 0.25) is 0 Å². The summed E-state index contributed by atoms with van der Waals surface area (Å²) in [6.07, 6.45) is 0.628. The molecule has 0 aliphatic carbocycles. The highest BCUT2D eigenvalue weighted by atomic mass is 19.1. The van der Waals surface area contributed by atoms with Crippen molar-refractivity contribution < 1.29 is 33.3 Å². The van der Waals surface area contributed by atoms with E-state index in [4.69, 9.17) is 14.2 Å². The Balaban J connectivity index is 1.81. The molecule has 2 aromatic carbocycles. The Hall–Kier alpha value is -3.13. The largest absolute Gasteiger partial charge is 0.488 e. The molecule has 0 bridgehead atoms. The van der Waals surface area contributed by atoms with Crippen molar-refractivity contribution in [1.82, 2.24) is 4.90 Å². The Morgan fingerprint density at radius 3 is 2.45 bits per heavy atom. The van der Waals surface area contributed by atoms with E-state index in [0.717, 1.165) is 12.5 Å². The summed E-state index contributed by atoms with van der Waals surface area (Å²) < 4.78 is 30.7. The average molecular weight is 403 g/mol. The standard InChI is InChI=1S/C21H22FNO6/c1-13(12-27-2)28-16-8-15(21(25)26)9-17(11-16)29-19-5-4-14(10-18(19)22)20(24)23-6-3-7-23/h4-5,8-11,13H,3,6-7,12H2,1-2H3,(H,25,26). The van der Waals surface area contributed by atoms with Gasteiger partial charge in [-0.1, -0.05) is 0 Å². The lowest BCUT2D eigenvalue weighted by Gasteiger charge is -2.30. The number of carbonyl (C=O) groups excluding carboxylic acids is 1. The van der Waals surface area contributed by atoms with Crippen molar-refractivity contribution in [3.05, 3.63) is 53.3 Å². The van der Waals surface area contributed by atoms with Gasteiger partial charge >= 0.3 is 5.97 Å². The van der Waals surface area contributed by atoms with Crippen LogP contribution in [0, 0.1) is 5.82 Å². The molecule has 2 aromatic rings.